The molecule has 2 heterocycles. The van der Waals surface area contributed by atoms with Crippen molar-refractivity contribution < 1.29 is 13.9 Å². The second-order valence-electron chi connectivity index (χ2n) is 7.72. The van der Waals surface area contributed by atoms with Crippen LogP contribution in [0.2, 0.25) is 0 Å². The maximum absolute atomic E-state index is 13.9. The monoisotopic (exact) mass is 420 g/mol. The number of amides is 1. The summed E-state index contributed by atoms with van der Waals surface area (Å²) in [5.41, 5.74) is 2.16. The van der Waals surface area contributed by atoms with Crippen LogP contribution in [-0.2, 0) is 4.79 Å². The molecule has 0 bridgehead atoms. The fraction of sp³-hybridized carbons (Fsp3) is 0.292. The van der Waals surface area contributed by atoms with Crippen molar-refractivity contribution in [1.29, 1.82) is 0 Å². The molecule has 0 saturated carbocycles. The van der Waals surface area contributed by atoms with Gasteiger partial charge in [-0.05, 0) is 42.7 Å². The molecule has 1 saturated heterocycles. The van der Waals surface area contributed by atoms with Crippen molar-refractivity contribution in [3.63, 3.8) is 0 Å². The maximum atomic E-state index is 13.9. The van der Waals surface area contributed by atoms with E-state index < -0.39 is 0 Å². The van der Waals surface area contributed by atoms with Gasteiger partial charge in [0.15, 0.2) is 6.61 Å². The Kier molecular flexibility index (Phi) is 6.11. The second-order valence-corrected chi connectivity index (χ2v) is 7.72. The number of carbonyl (C=O) groups excluding carboxylic acids is 1. The first kappa shape index (κ1) is 20.8. The average molecular weight is 420 g/mol. The third kappa shape index (κ3) is 4.66. The van der Waals surface area contributed by atoms with Gasteiger partial charge in [0.05, 0.1) is 11.7 Å². The van der Waals surface area contributed by atoms with Gasteiger partial charge in [-0.25, -0.2) is 14.4 Å². The molecule has 0 spiro atoms. The minimum Gasteiger partial charge on any atom is -0.484 e. The standard InChI is InChI=1S/C24H25FN4O2/c1-28(2)24-26-15-20(17-8-6-9-18(25)14-17)23(27-24)21-12-7-13-29(21)22(30)16-31-19-10-4-3-5-11-19/h3-6,8-11,14-15,21H,7,12-13,16H2,1-2H3/t21-/m0/s1. The highest BCUT2D eigenvalue weighted by atomic mass is 19.1. The van der Waals surface area contributed by atoms with Crippen LogP contribution in [0.1, 0.15) is 24.6 Å². The number of rotatable bonds is 6. The first-order chi connectivity index (χ1) is 15.0. The van der Waals surface area contributed by atoms with Crippen LogP contribution in [0.15, 0.2) is 60.8 Å². The van der Waals surface area contributed by atoms with Gasteiger partial charge in [0.25, 0.3) is 5.91 Å². The summed E-state index contributed by atoms with van der Waals surface area (Å²) in [6, 6.07) is 15.4. The fourth-order valence-electron chi connectivity index (χ4n) is 3.83. The van der Waals surface area contributed by atoms with Crippen LogP contribution in [-0.4, -0.2) is 48.0 Å². The van der Waals surface area contributed by atoms with Crippen molar-refractivity contribution >= 4 is 11.9 Å². The molecule has 6 nitrogen and oxygen atoms in total. The molecule has 0 radical (unpaired) electrons. The summed E-state index contributed by atoms with van der Waals surface area (Å²) in [5.74, 6) is 0.788. The van der Waals surface area contributed by atoms with Gasteiger partial charge < -0.3 is 14.5 Å². The fourth-order valence-corrected chi connectivity index (χ4v) is 3.83. The summed E-state index contributed by atoms with van der Waals surface area (Å²) in [6.07, 6.45) is 3.36. The van der Waals surface area contributed by atoms with E-state index in [9.17, 15) is 9.18 Å². The Morgan fingerprint density at radius 3 is 2.74 bits per heavy atom. The lowest BCUT2D eigenvalue weighted by Crippen LogP contribution is -2.35. The molecule has 1 amide bonds. The first-order valence-corrected chi connectivity index (χ1v) is 10.3. The minimum absolute atomic E-state index is 0.0402. The van der Waals surface area contributed by atoms with Crippen molar-refractivity contribution in [3.05, 3.63) is 72.3 Å². The van der Waals surface area contributed by atoms with Crippen LogP contribution in [0, 0.1) is 5.82 Å². The number of nitrogens with zero attached hydrogens (tertiary/aromatic N) is 4. The van der Waals surface area contributed by atoms with E-state index in [2.05, 4.69) is 4.98 Å². The Morgan fingerprint density at radius 2 is 2.00 bits per heavy atom. The zero-order valence-corrected chi connectivity index (χ0v) is 17.7. The van der Waals surface area contributed by atoms with Crippen LogP contribution < -0.4 is 9.64 Å². The van der Waals surface area contributed by atoms with Crippen LogP contribution in [0.25, 0.3) is 11.1 Å². The Balaban J connectivity index is 1.64. The number of anilines is 1. The SMILES string of the molecule is CN(C)c1ncc(-c2cccc(F)c2)c([C@@H]2CCCN2C(=O)COc2ccccc2)n1. The van der Waals surface area contributed by atoms with Gasteiger partial charge in [-0.3, -0.25) is 4.79 Å². The molecule has 1 aliphatic rings. The van der Waals surface area contributed by atoms with Crippen LogP contribution in [0.4, 0.5) is 10.3 Å². The highest BCUT2D eigenvalue weighted by Gasteiger charge is 2.33. The van der Waals surface area contributed by atoms with Gasteiger partial charge in [0, 0.05) is 32.4 Å². The molecule has 7 heteroatoms. The molecule has 0 N–H and O–H groups in total. The molecule has 31 heavy (non-hydrogen) atoms. The Hall–Kier alpha value is -3.48. The molecule has 3 aromatic rings. The number of hydrogen-bond acceptors (Lipinski definition) is 5. The van der Waals surface area contributed by atoms with Crippen molar-refractivity contribution in [1.82, 2.24) is 14.9 Å². The lowest BCUT2D eigenvalue weighted by Gasteiger charge is -2.27. The van der Waals surface area contributed by atoms with Gasteiger partial charge >= 0.3 is 0 Å². The Morgan fingerprint density at radius 1 is 1.19 bits per heavy atom. The molecule has 1 fully saturated rings. The van der Waals surface area contributed by atoms with Crippen molar-refractivity contribution in [3.8, 4) is 16.9 Å². The third-order valence-corrected chi connectivity index (χ3v) is 5.34. The smallest absolute Gasteiger partial charge is 0.261 e. The molecule has 1 atom stereocenters. The second kappa shape index (κ2) is 9.12. The maximum Gasteiger partial charge on any atom is 0.261 e. The molecule has 4 rings (SSSR count). The van der Waals surface area contributed by atoms with Gasteiger partial charge in [-0.1, -0.05) is 30.3 Å². The summed E-state index contributed by atoms with van der Waals surface area (Å²) in [6.45, 7) is 0.590. The Labute approximate surface area is 181 Å². The number of aromatic nitrogens is 2. The Bertz CT molecular complexity index is 1060. The molecule has 160 valence electrons. The number of ether oxygens (including phenoxy) is 1. The zero-order chi connectivity index (χ0) is 21.8. The molecule has 1 aromatic heterocycles. The van der Waals surface area contributed by atoms with Crippen molar-refractivity contribution in [2.75, 3.05) is 32.1 Å². The van der Waals surface area contributed by atoms with Crippen LogP contribution in [0.5, 0.6) is 5.75 Å². The van der Waals surface area contributed by atoms with E-state index in [0.717, 1.165) is 24.1 Å². The highest BCUT2D eigenvalue weighted by Crippen LogP contribution is 2.37. The van der Waals surface area contributed by atoms with E-state index in [1.807, 2.05) is 60.3 Å². The number of halogens is 1. The quantitative estimate of drug-likeness (QED) is 0.601. The normalized spacial score (nSPS) is 15.7. The summed E-state index contributed by atoms with van der Waals surface area (Å²) in [4.78, 5) is 25.8. The summed E-state index contributed by atoms with van der Waals surface area (Å²) in [7, 11) is 3.73. The van der Waals surface area contributed by atoms with Crippen LogP contribution >= 0.6 is 0 Å². The van der Waals surface area contributed by atoms with E-state index in [1.54, 1.807) is 12.3 Å². The summed E-state index contributed by atoms with van der Waals surface area (Å²) >= 11 is 0. The van der Waals surface area contributed by atoms with Gasteiger partial charge in [0.2, 0.25) is 5.95 Å². The molecule has 1 aliphatic heterocycles. The highest BCUT2D eigenvalue weighted by molar-refractivity contribution is 5.79. The largest absolute Gasteiger partial charge is 0.484 e. The van der Waals surface area contributed by atoms with Gasteiger partial charge in [-0.15, -0.1) is 0 Å². The van der Waals surface area contributed by atoms with Crippen LogP contribution in [0.3, 0.4) is 0 Å². The number of hydrogen-bond donors (Lipinski definition) is 0. The number of carbonyl (C=O) groups is 1. The van der Waals surface area contributed by atoms with Gasteiger partial charge in [-0.2, -0.15) is 0 Å². The predicted octanol–water partition coefficient (Wildman–Crippen LogP) is 4.09. The van der Waals surface area contributed by atoms with E-state index in [-0.39, 0.29) is 24.4 Å². The van der Waals surface area contributed by atoms with E-state index in [0.29, 0.717) is 23.8 Å². The third-order valence-electron chi connectivity index (χ3n) is 5.34. The molecular weight excluding hydrogens is 395 g/mol. The van der Waals surface area contributed by atoms with E-state index in [1.165, 1.54) is 12.1 Å². The molecule has 2 aromatic carbocycles. The van der Waals surface area contributed by atoms with Crippen molar-refractivity contribution in [2.24, 2.45) is 0 Å². The molecule has 0 aliphatic carbocycles. The number of likely N-dealkylation sites (tertiary alicyclic amines) is 1. The first-order valence-electron chi connectivity index (χ1n) is 10.3. The summed E-state index contributed by atoms with van der Waals surface area (Å²) < 4.78 is 19.6. The predicted molar refractivity (Wildman–Crippen MR) is 117 cm³/mol. The lowest BCUT2D eigenvalue weighted by molar-refractivity contribution is -0.134. The van der Waals surface area contributed by atoms with E-state index in [4.69, 9.17) is 9.72 Å². The average Bonchev–Trinajstić information content (AvgIpc) is 3.27. The van der Waals surface area contributed by atoms with Gasteiger partial charge in [0.1, 0.15) is 11.6 Å². The van der Waals surface area contributed by atoms with E-state index >= 15 is 0 Å². The molecule has 0 unspecified atom stereocenters. The molecular formula is C24H25FN4O2. The lowest BCUT2D eigenvalue weighted by atomic mass is 9.99. The number of benzene rings is 2. The topological polar surface area (TPSA) is 58.6 Å². The van der Waals surface area contributed by atoms with Crippen molar-refractivity contribution in [2.45, 2.75) is 18.9 Å². The summed E-state index contributed by atoms with van der Waals surface area (Å²) in [5, 5.41) is 0. The zero-order valence-electron chi connectivity index (χ0n) is 17.7. The minimum atomic E-state index is -0.323. The number of para-hydroxylation sites is 1.